The van der Waals surface area contributed by atoms with Gasteiger partial charge in [-0.3, -0.25) is 4.90 Å². The molecule has 2 saturated carbocycles. The molecule has 98 valence electrons. The molecule has 0 amide bonds. The molecule has 17 heavy (non-hydrogen) atoms. The van der Waals surface area contributed by atoms with Gasteiger partial charge in [0.1, 0.15) is 0 Å². The van der Waals surface area contributed by atoms with Gasteiger partial charge >= 0.3 is 0 Å². The molecule has 3 aliphatic rings. The van der Waals surface area contributed by atoms with Crippen molar-refractivity contribution in [1.82, 2.24) is 4.90 Å². The summed E-state index contributed by atoms with van der Waals surface area (Å²) in [5, 5.41) is 10.2. The maximum absolute atomic E-state index is 10.2. The van der Waals surface area contributed by atoms with Crippen molar-refractivity contribution in [2.24, 2.45) is 11.8 Å². The van der Waals surface area contributed by atoms with Crippen LogP contribution in [-0.2, 0) is 0 Å². The molecule has 3 rings (SSSR count). The van der Waals surface area contributed by atoms with Crippen LogP contribution in [0.15, 0.2) is 0 Å². The Bertz CT molecular complexity index is 251. The second-order valence-corrected chi connectivity index (χ2v) is 6.52. The van der Waals surface area contributed by atoms with Crippen molar-refractivity contribution in [3.63, 3.8) is 0 Å². The van der Waals surface area contributed by atoms with E-state index < -0.39 is 0 Å². The first kappa shape index (κ1) is 12.0. The zero-order valence-electron chi connectivity index (χ0n) is 11.0. The Hall–Kier alpha value is -0.0800. The Morgan fingerprint density at radius 1 is 0.882 bits per heavy atom. The Morgan fingerprint density at radius 2 is 1.71 bits per heavy atom. The molecule has 0 aromatic heterocycles. The van der Waals surface area contributed by atoms with Crippen molar-refractivity contribution < 1.29 is 5.11 Å². The van der Waals surface area contributed by atoms with Gasteiger partial charge < -0.3 is 5.11 Å². The normalized spacial score (nSPS) is 40.4. The summed E-state index contributed by atoms with van der Waals surface area (Å²) < 4.78 is 0. The summed E-state index contributed by atoms with van der Waals surface area (Å²) >= 11 is 0. The van der Waals surface area contributed by atoms with E-state index in [2.05, 4.69) is 4.90 Å². The summed E-state index contributed by atoms with van der Waals surface area (Å²) in [4.78, 5) is 2.73. The van der Waals surface area contributed by atoms with Crippen LogP contribution in [0.4, 0.5) is 0 Å². The first-order valence-electron chi connectivity index (χ1n) is 7.77. The number of aliphatic hydroxyl groups is 1. The second-order valence-electron chi connectivity index (χ2n) is 6.52. The van der Waals surface area contributed by atoms with Gasteiger partial charge in [-0.25, -0.2) is 0 Å². The van der Waals surface area contributed by atoms with E-state index >= 15 is 0 Å². The predicted molar refractivity (Wildman–Crippen MR) is 69.9 cm³/mol. The molecule has 1 aliphatic heterocycles. The lowest BCUT2D eigenvalue weighted by Crippen LogP contribution is -2.45. The molecule has 3 unspecified atom stereocenters. The van der Waals surface area contributed by atoms with Gasteiger partial charge in [-0.2, -0.15) is 0 Å². The summed E-state index contributed by atoms with van der Waals surface area (Å²) in [5.74, 6) is 1.57. The molecule has 2 aliphatic carbocycles. The molecule has 0 aromatic rings. The van der Waals surface area contributed by atoms with Crippen LogP contribution in [0.2, 0.25) is 0 Å². The van der Waals surface area contributed by atoms with Gasteiger partial charge in [0.15, 0.2) is 0 Å². The third-order valence-corrected chi connectivity index (χ3v) is 5.41. The highest BCUT2D eigenvalue weighted by Crippen LogP contribution is 2.36. The highest BCUT2D eigenvalue weighted by Gasteiger charge is 2.37. The number of aliphatic hydroxyl groups excluding tert-OH is 1. The molecule has 2 nitrogen and oxygen atoms in total. The average Bonchev–Trinajstić information content (AvgIpc) is 2.72. The van der Waals surface area contributed by atoms with Crippen LogP contribution in [-0.4, -0.2) is 35.2 Å². The van der Waals surface area contributed by atoms with E-state index in [1.165, 1.54) is 64.5 Å². The third kappa shape index (κ3) is 2.53. The lowest BCUT2D eigenvalue weighted by molar-refractivity contribution is 0.0148. The lowest BCUT2D eigenvalue weighted by atomic mass is 9.79. The Morgan fingerprint density at radius 3 is 2.41 bits per heavy atom. The zero-order chi connectivity index (χ0) is 11.7. The molecule has 2 heteroatoms. The van der Waals surface area contributed by atoms with Crippen LogP contribution >= 0.6 is 0 Å². The minimum absolute atomic E-state index is 0.00394. The third-order valence-electron chi connectivity index (χ3n) is 5.41. The first-order chi connectivity index (χ1) is 8.34. The van der Waals surface area contributed by atoms with Crippen LogP contribution in [0, 0.1) is 11.8 Å². The summed E-state index contributed by atoms with van der Waals surface area (Å²) in [6, 6.07) is 0.714. The number of likely N-dealkylation sites (tertiary alicyclic amines) is 1. The average molecular weight is 237 g/mol. The highest BCUT2D eigenvalue weighted by molar-refractivity contribution is 4.91. The van der Waals surface area contributed by atoms with Crippen molar-refractivity contribution in [3.05, 3.63) is 0 Å². The molecule has 0 spiro atoms. The number of nitrogens with zero attached hydrogens (tertiary/aromatic N) is 1. The van der Waals surface area contributed by atoms with Gasteiger partial charge in [0.2, 0.25) is 0 Å². The summed E-state index contributed by atoms with van der Waals surface area (Å²) in [6.45, 7) is 2.62. The minimum atomic E-state index is -0.00394. The number of hydrogen-bond donors (Lipinski definition) is 1. The molecule has 3 atom stereocenters. The zero-order valence-corrected chi connectivity index (χ0v) is 11.0. The van der Waals surface area contributed by atoms with E-state index in [0.717, 1.165) is 12.3 Å². The van der Waals surface area contributed by atoms with Gasteiger partial charge in [-0.15, -0.1) is 0 Å². The second kappa shape index (κ2) is 5.27. The fraction of sp³-hybridized carbons (Fsp3) is 1.00. The predicted octanol–water partition coefficient (Wildman–Crippen LogP) is 2.80. The van der Waals surface area contributed by atoms with E-state index in [1.807, 2.05) is 0 Å². The molecule has 0 radical (unpaired) electrons. The van der Waals surface area contributed by atoms with E-state index in [0.29, 0.717) is 12.0 Å². The maximum Gasteiger partial charge on any atom is 0.0583 e. The van der Waals surface area contributed by atoms with E-state index in [-0.39, 0.29) is 6.10 Å². The number of rotatable bonds is 3. The fourth-order valence-corrected chi connectivity index (χ4v) is 4.16. The molecule has 1 heterocycles. The van der Waals surface area contributed by atoms with E-state index in [1.54, 1.807) is 0 Å². The van der Waals surface area contributed by atoms with Gasteiger partial charge in [-0.1, -0.05) is 19.3 Å². The van der Waals surface area contributed by atoms with Gasteiger partial charge in [0, 0.05) is 18.5 Å². The van der Waals surface area contributed by atoms with Crippen LogP contribution in [0.3, 0.4) is 0 Å². The molecule has 0 aromatic carbocycles. The quantitative estimate of drug-likeness (QED) is 0.816. The van der Waals surface area contributed by atoms with Gasteiger partial charge in [0.05, 0.1) is 6.10 Å². The topological polar surface area (TPSA) is 23.5 Å². The van der Waals surface area contributed by atoms with Crippen molar-refractivity contribution in [2.45, 2.75) is 69.9 Å². The molecule has 0 bridgehead atoms. The van der Waals surface area contributed by atoms with E-state index in [9.17, 15) is 5.11 Å². The largest absolute Gasteiger partial charge is 0.393 e. The molecule has 3 fully saturated rings. The summed E-state index contributed by atoms with van der Waals surface area (Å²) in [7, 11) is 0. The van der Waals surface area contributed by atoms with Crippen LogP contribution in [0.1, 0.15) is 57.8 Å². The van der Waals surface area contributed by atoms with Gasteiger partial charge in [-0.05, 0) is 51.0 Å². The standard InChI is InChI=1S/C15H27NO/c17-15-9-2-1-7-13(15)14-8-4-10-16(14)11-12-5-3-6-12/h12-15,17H,1-11H2. The van der Waals surface area contributed by atoms with Crippen LogP contribution < -0.4 is 0 Å². The van der Waals surface area contributed by atoms with E-state index in [4.69, 9.17) is 0 Å². The molecule has 1 saturated heterocycles. The molecular weight excluding hydrogens is 210 g/mol. The van der Waals surface area contributed by atoms with Crippen LogP contribution in [0.25, 0.3) is 0 Å². The monoisotopic (exact) mass is 237 g/mol. The highest BCUT2D eigenvalue weighted by atomic mass is 16.3. The fourth-order valence-electron chi connectivity index (χ4n) is 4.16. The Balaban J connectivity index is 1.59. The lowest BCUT2D eigenvalue weighted by Gasteiger charge is -2.40. The van der Waals surface area contributed by atoms with Crippen molar-refractivity contribution >= 4 is 0 Å². The first-order valence-corrected chi connectivity index (χ1v) is 7.77. The smallest absolute Gasteiger partial charge is 0.0583 e. The maximum atomic E-state index is 10.2. The Labute approximate surface area is 105 Å². The minimum Gasteiger partial charge on any atom is -0.393 e. The molecule has 1 N–H and O–H groups in total. The van der Waals surface area contributed by atoms with Crippen molar-refractivity contribution in [3.8, 4) is 0 Å². The van der Waals surface area contributed by atoms with Gasteiger partial charge in [0.25, 0.3) is 0 Å². The van der Waals surface area contributed by atoms with Crippen molar-refractivity contribution in [1.29, 1.82) is 0 Å². The molecular formula is C15H27NO. The Kier molecular flexibility index (Phi) is 3.72. The summed E-state index contributed by atoms with van der Waals surface area (Å²) in [5.41, 5.74) is 0. The van der Waals surface area contributed by atoms with Crippen LogP contribution in [0.5, 0.6) is 0 Å². The SMILES string of the molecule is OC1CCCCC1C1CCCN1CC1CCC1. The number of hydrogen-bond acceptors (Lipinski definition) is 2. The van der Waals surface area contributed by atoms with Crippen molar-refractivity contribution in [2.75, 3.05) is 13.1 Å². The summed E-state index contributed by atoms with van der Waals surface area (Å²) in [6.07, 6.45) is 12.0.